The number of nitrogens with one attached hydrogen (secondary N) is 1. The van der Waals surface area contributed by atoms with Crippen molar-refractivity contribution in [1.82, 2.24) is 0 Å². The fourth-order valence-corrected chi connectivity index (χ4v) is 3.68. The minimum Gasteiger partial charge on any atom is -0.496 e. The van der Waals surface area contributed by atoms with Crippen molar-refractivity contribution in [1.29, 1.82) is 0 Å². The first-order chi connectivity index (χ1) is 16.2. The number of carbonyl (C=O) groups is 2. The van der Waals surface area contributed by atoms with Gasteiger partial charge in [0.05, 0.1) is 24.3 Å². The Kier molecular flexibility index (Phi) is 7.87. The highest BCUT2D eigenvalue weighted by Crippen LogP contribution is 2.29. The summed E-state index contributed by atoms with van der Waals surface area (Å²) in [6, 6.07) is 18.8. The number of anilines is 1. The third-order valence-electron chi connectivity index (χ3n) is 4.73. The van der Waals surface area contributed by atoms with Crippen LogP contribution in [0, 0.1) is 0 Å². The topological polar surface area (TPSA) is 134 Å². The number of sulfonamides is 1. The Morgan fingerprint density at radius 3 is 2.29 bits per heavy atom. The second-order valence-electron chi connectivity index (χ2n) is 7.02. The number of methoxy groups -OCH3 is 1. The van der Waals surface area contributed by atoms with Crippen LogP contribution in [-0.2, 0) is 19.6 Å². The Hall–Kier alpha value is -3.89. The number of hydrogen-bond acceptors (Lipinski definition) is 7. The first-order valence-electron chi connectivity index (χ1n) is 10.2. The van der Waals surface area contributed by atoms with Gasteiger partial charge in [0.15, 0.2) is 0 Å². The maximum absolute atomic E-state index is 13.2. The fraction of sp³-hybridized carbons (Fsp3) is 0.167. The lowest BCUT2D eigenvalue weighted by atomic mass is 10.1. The predicted molar refractivity (Wildman–Crippen MR) is 125 cm³/mol. The molecule has 178 valence electrons. The number of nitrogens with two attached hydrogens (primary N) is 1. The number of carbonyl (C=O) groups excluding carboxylic acids is 2. The number of hydrogen-bond donors (Lipinski definition) is 2. The third kappa shape index (κ3) is 5.91. The van der Waals surface area contributed by atoms with Gasteiger partial charge in [0.2, 0.25) is 16.1 Å². The van der Waals surface area contributed by atoms with Crippen molar-refractivity contribution in [2.24, 2.45) is 5.14 Å². The van der Waals surface area contributed by atoms with Crippen molar-refractivity contribution in [2.75, 3.05) is 19.0 Å². The molecule has 0 saturated heterocycles. The van der Waals surface area contributed by atoms with Gasteiger partial charge in [-0.2, -0.15) is 0 Å². The van der Waals surface area contributed by atoms with E-state index >= 15 is 0 Å². The molecule has 1 unspecified atom stereocenters. The van der Waals surface area contributed by atoms with E-state index in [1.165, 1.54) is 19.2 Å². The zero-order valence-electron chi connectivity index (χ0n) is 18.6. The lowest BCUT2D eigenvalue weighted by Crippen LogP contribution is -2.26. The first-order valence-corrected chi connectivity index (χ1v) is 11.8. The zero-order chi connectivity index (χ0) is 24.7. The summed E-state index contributed by atoms with van der Waals surface area (Å²) in [6.07, 6.45) is -1.36. The van der Waals surface area contributed by atoms with Crippen LogP contribution in [0.4, 0.5) is 5.69 Å². The second kappa shape index (κ2) is 10.8. The average molecular weight is 485 g/mol. The summed E-state index contributed by atoms with van der Waals surface area (Å²) < 4.78 is 39.8. The van der Waals surface area contributed by atoms with Crippen LogP contribution in [0.25, 0.3) is 0 Å². The molecule has 3 N–H and O–H groups in total. The molecule has 10 heteroatoms. The van der Waals surface area contributed by atoms with Gasteiger partial charge < -0.3 is 19.5 Å². The van der Waals surface area contributed by atoms with Crippen molar-refractivity contribution >= 4 is 27.6 Å². The van der Waals surface area contributed by atoms with E-state index in [9.17, 15) is 18.0 Å². The molecule has 0 saturated carbocycles. The van der Waals surface area contributed by atoms with E-state index in [0.29, 0.717) is 23.6 Å². The van der Waals surface area contributed by atoms with Crippen molar-refractivity contribution in [3.63, 3.8) is 0 Å². The number of primary sulfonamides is 1. The van der Waals surface area contributed by atoms with Crippen LogP contribution < -0.4 is 19.9 Å². The van der Waals surface area contributed by atoms with Gasteiger partial charge in [-0.15, -0.1) is 0 Å². The summed E-state index contributed by atoms with van der Waals surface area (Å²) in [5.74, 6) is -1.08. The van der Waals surface area contributed by atoms with Gasteiger partial charge in [-0.1, -0.05) is 42.5 Å². The number of para-hydroxylation sites is 2. The Labute approximate surface area is 197 Å². The Bertz CT molecular complexity index is 1280. The van der Waals surface area contributed by atoms with Crippen molar-refractivity contribution in [2.45, 2.75) is 17.9 Å². The van der Waals surface area contributed by atoms with Crippen molar-refractivity contribution in [3.05, 3.63) is 83.9 Å². The fourth-order valence-electron chi connectivity index (χ4n) is 3.14. The molecule has 0 bridgehead atoms. The molecule has 0 aromatic heterocycles. The molecule has 0 radical (unpaired) electrons. The first kappa shape index (κ1) is 24.7. The smallest absolute Gasteiger partial charge is 0.343 e. The van der Waals surface area contributed by atoms with E-state index in [4.69, 9.17) is 19.3 Å². The van der Waals surface area contributed by atoms with E-state index in [-0.39, 0.29) is 16.2 Å². The van der Waals surface area contributed by atoms with Gasteiger partial charge in [0.25, 0.3) is 5.91 Å². The Morgan fingerprint density at radius 2 is 1.65 bits per heavy atom. The molecule has 1 amide bonds. The summed E-state index contributed by atoms with van der Waals surface area (Å²) in [7, 11) is -2.77. The molecule has 0 spiro atoms. The predicted octanol–water partition coefficient (Wildman–Crippen LogP) is 3.28. The van der Waals surface area contributed by atoms with Crippen LogP contribution in [0.2, 0.25) is 0 Å². The maximum atomic E-state index is 13.2. The highest BCUT2D eigenvalue weighted by molar-refractivity contribution is 7.89. The Balaban J connectivity index is 1.96. The summed E-state index contributed by atoms with van der Waals surface area (Å²) >= 11 is 0. The largest absolute Gasteiger partial charge is 0.496 e. The molecule has 3 aromatic rings. The van der Waals surface area contributed by atoms with Gasteiger partial charge in [-0.3, -0.25) is 4.79 Å². The number of ether oxygens (including phenoxy) is 3. The van der Waals surface area contributed by atoms with E-state index in [1.807, 2.05) is 6.92 Å². The van der Waals surface area contributed by atoms with Crippen LogP contribution >= 0.6 is 0 Å². The number of benzene rings is 3. The molecule has 0 heterocycles. The van der Waals surface area contributed by atoms with Crippen molar-refractivity contribution < 1.29 is 32.2 Å². The summed E-state index contributed by atoms with van der Waals surface area (Å²) in [6.45, 7) is 2.21. The minimum atomic E-state index is -4.09. The Morgan fingerprint density at radius 1 is 0.971 bits per heavy atom. The number of esters is 1. The van der Waals surface area contributed by atoms with Crippen molar-refractivity contribution in [3.8, 4) is 11.5 Å². The third-order valence-corrected chi connectivity index (χ3v) is 5.64. The SMILES string of the molecule is CCOc1ccccc1NC(=O)C(OC(=O)c1cc(S(N)(=O)=O)ccc1OC)c1ccccc1. The zero-order valence-corrected chi connectivity index (χ0v) is 19.4. The van der Waals surface area contributed by atoms with Crippen LogP contribution in [0.15, 0.2) is 77.7 Å². The van der Waals surface area contributed by atoms with Crippen LogP contribution in [0.1, 0.15) is 28.9 Å². The molecule has 9 nitrogen and oxygen atoms in total. The monoisotopic (exact) mass is 484 g/mol. The minimum absolute atomic E-state index is 0.0614. The standard InChI is InChI=1S/C24H24N2O7S/c1-3-32-21-12-8-7-11-19(21)26-23(27)22(16-9-5-4-6-10-16)33-24(28)18-15-17(34(25,29)30)13-14-20(18)31-2/h4-15,22H,3H2,1-2H3,(H,26,27)(H2,25,29,30). The molecule has 34 heavy (non-hydrogen) atoms. The van der Waals surface area contributed by atoms with Gasteiger partial charge in [0, 0.05) is 5.56 Å². The molecule has 3 aromatic carbocycles. The molecule has 0 aliphatic heterocycles. The van der Waals surface area contributed by atoms with E-state index in [2.05, 4.69) is 5.32 Å². The van der Waals surface area contributed by atoms with E-state index < -0.39 is 28.0 Å². The molecule has 0 aliphatic carbocycles. The van der Waals surface area contributed by atoms with Gasteiger partial charge in [0.1, 0.15) is 17.1 Å². The van der Waals surface area contributed by atoms with E-state index in [1.54, 1.807) is 54.6 Å². The van der Waals surface area contributed by atoms with Crippen LogP contribution in [0.3, 0.4) is 0 Å². The van der Waals surface area contributed by atoms with Crippen LogP contribution in [0.5, 0.6) is 11.5 Å². The number of rotatable bonds is 9. The molecule has 3 rings (SSSR count). The summed E-state index contributed by atoms with van der Waals surface area (Å²) in [5.41, 5.74) is 0.612. The van der Waals surface area contributed by atoms with Gasteiger partial charge in [-0.25, -0.2) is 18.4 Å². The lowest BCUT2D eigenvalue weighted by molar-refractivity contribution is -0.125. The molecule has 0 aliphatic rings. The highest BCUT2D eigenvalue weighted by atomic mass is 32.2. The number of amides is 1. The molecular weight excluding hydrogens is 460 g/mol. The molecular formula is C24H24N2O7S. The average Bonchev–Trinajstić information content (AvgIpc) is 2.83. The normalized spacial score (nSPS) is 11.9. The highest BCUT2D eigenvalue weighted by Gasteiger charge is 2.28. The van der Waals surface area contributed by atoms with Gasteiger partial charge in [-0.05, 0) is 37.3 Å². The maximum Gasteiger partial charge on any atom is 0.343 e. The lowest BCUT2D eigenvalue weighted by Gasteiger charge is -2.20. The summed E-state index contributed by atoms with van der Waals surface area (Å²) in [5, 5.41) is 7.91. The second-order valence-corrected chi connectivity index (χ2v) is 8.58. The van der Waals surface area contributed by atoms with Crippen LogP contribution in [-0.4, -0.2) is 34.0 Å². The van der Waals surface area contributed by atoms with Gasteiger partial charge >= 0.3 is 5.97 Å². The molecule has 1 atom stereocenters. The molecule has 0 fully saturated rings. The summed E-state index contributed by atoms with van der Waals surface area (Å²) in [4.78, 5) is 26.0. The van der Waals surface area contributed by atoms with E-state index in [0.717, 1.165) is 6.07 Å². The quantitative estimate of drug-likeness (QED) is 0.445.